The van der Waals surface area contributed by atoms with Gasteiger partial charge in [-0.05, 0) is 48.5 Å². The van der Waals surface area contributed by atoms with Crippen molar-refractivity contribution in [2.45, 2.75) is 19.6 Å². The molecule has 0 bridgehead atoms. The molecule has 0 unspecified atom stereocenters. The van der Waals surface area contributed by atoms with Crippen LogP contribution < -0.4 is 19.5 Å². The van der Waals surface area contributed by atoms with E-state index >= 15 is 0 Å². The van der Waals surface area contributed by atoms with E-state index < -0.39 is 24.6 Å². The molecule has 0 saturated carbocycles. The zero-order valence-corrected chi connectivity index (χ0v) is 17.6. The summed E-state index contributed by atoms with van der Waals surface area (Å²) >= 11 is 0. The van der Waals surface area contributed by atoms with E-state index in [1.54, 1.807) is 36.4 Å². The van der Waals surface area contributed by atoms with E-state index in [9.17, 15) is 26.7 Å². The summed E-state index contributed by atoms with van der Waals surface area (Å²) in [4.78, 5) is 12.5. The Balaban J connectivity index is 1.46. The van der Waals surface area contributed by atoms with Crippen molar-refractivity contribution in [3.8, 4) is 17.2 Å². The number of benzene rings is 3. The molecule has 1 aromatic heterocycles. The third kappa shape index (κ3) is 6.16. The Morgan fingerprint density at radius 2 is 1.71 bits per heavy atom. The van der Waals surface area contributed by atoms with E-state index in [1.165, 1.54) is 18.2 Å². The number of anilines is 1. The molecule has 0 spiro atoms. The molecule has 0 aliphatic rings. The van der Waals surface area contributed by atoms with Crippen LogP contribution in [0.25, 0.3) is 10.9 Å². The van der Waals surface area contributed by atoms with Gasteiger partial charge in [0.1, 0.15) is 23.9 Å². The number of aromatic amines is 1. The monoisotopic (exact) mass is 493 g/mol. The van der Waals surface area contributed by atoms with Crippen molar-refractivity contribution < 1.29 is 41.0 Å². The fourth-order valence-electron chi connectivity index (χ4n) is 3.16. The molecule has 0 radical (unpaired) electrons. The third-order valence-electron chi connectivity index (χ3n) is 4.70. The maximum Gasteiger partial charge on any atom is 0.573 e. The molecule has 4 rings (SSSR count). The maximum absolute atomic E-state index is 12.6. The van der Waals surface area contributed by atoms with Gasteiger partial charge in [0.25, 0.3) is 5.91 Å². The molecule has 0 atom stereocenters. The van der Waals surface area contributed by atoms with Gasteiger partial charge in [-0.3, -0.25) is 9.89 Å². The first-order valence-corrected chi connectivity index (χ1v) is 9.99. The standard InChI is InChI=1S/C23H16F5N3O4/c24-22(25)34-19-4-2-1-3-14(19)12-33-16-9-10-18-17(11-16)20(31-30-18)29-21(32)13-5-7-15(8-6-13)35-23(26,27)28/h1-11,22H,12H2,(H2,29,30,31,32). The first-order chi connectivity index (χ1) is 16.7. The van der Waals surface area contributed by atoms with Crippen LogP contribution in [-0.4, -0.2) is 29.1 Å². The molecule has 1 heterocycles. The number of carbonyl (C=O) groups is 1. The summed E-state index contributed by atoms with van der Waals surface area (Å²) < 4.78 is 76.1. The quantitative estimate of drug-likeness (QED) is 0.299. The molecular weight excluding hydrogens is 477 g/mol. The molecule has 3 aromatic carbocycles. The first kappa shape index (κ1) is 23.8. The second kappa shape index (κ2) is 9.87. The van der Waals surface area contributed by atoms with Gasteiger partial charge >= 0.3 is 13.0 Å². The smallest absolute Gasteiger partial charge is 0.489 e. The Hall–Kier alpha value is -4.35. The van der Waals surface area contributed by atoms with E-state index in [-0.39, 0.29) is 23.7 Å². The van der Waals surface area contributed by atoms with Crippen molar-refractivity contribution in [2.75, 3.05) is 5.32 Å². The Bertz CT molecular complexity index is 1320. The zero-order chi connectivity index (χ0) is 25.0. The molecule has 0 saturated heterocycles. The number of nitrogens with one attached hydrogen (secondary N) is 2. The van der Waals surface area contributed by atoms with Gasteiger partial charge in [-0.1, -0.05) is 18.2 Å². The second-order valence-electron chi connectivity index (χ2n) is 7.08. The maximum atomic E-state index is 12.6. The number of alkyl halides is 5. The van der Waals surface area contributed by atoms with E-state index in [1.807, 2.05) is 0 Å². The van der Waals surface area contributed by atoms with Crippen LogP contribution in [0.5, 0.6) is 17.2 Å². The Morgan fingerprint density at radius 3 is 2.43 bits per heavy atom. The van der Waals surface area contributed by atoms with Gasteiger partial charge in [0.05, 0.1) is 5.52 Å². The van der Waals surface area contributed by atoms with E-state index in [0.29, 0.717) is 22.2 Å². The lowest BCUT2D eigenvalue weighted by Crippen LogP contribution is -2.17. The van der Waals surface area contributed by atoms with Gasteiger partial charge in [0.2, 0.25) is 0 Å². The van der Waals surface area contributed by atoms with Crippen LogP contribution in [0, 0.1) is 0 Å². The number of aromatic nitrogens is 2. The molecular formula is C23H16F5N3O4. The summed E-state index contributed by atoms with van der Waals surface area (Å²) in [5.41, 5.74) is 1.06. The fourth-order valence-corrected chi connectivity index (χ4v) is 3.16. The summed E-state index contributed by atoms with van der Waals surface area (Å²) in [5, 5.41) is 9.85. The number of ether oxygens (including phenoxy) is 3. The van der Waals surface area contributed by atoms with Crippen LogP contribution in [0.4, 0.5) is 27.8 Å². The van der Waals surface area contributed by atoms with Crippen molar-refractivity contribution in [3.63, 3.8) is 0 Å². The molecule has 0 aliphatic carbocycles. The number of carbonyl (C=O) groups excluding carboxylic acids is 1. The average molecular weight is 493 g/mol. The van der Waals surface area contributed by atoms with Gasteiger partial charge in [0, 0.05) is 16.5 Å². The Kier molecular flexibility index (Phi) is 6.71. The first-order valence-electron chi connectivity index (χ1n) is 9.99. The van der Waals surface area contributed by atoms with Crippen molar-refractivity contribution in [1.82, 2.24) is 10.2 Å². The summed E-state index contributed by atoms with van der Waals surface area (Å²) in [6, 6.07) is 15.5. The van der Waals surface area contributed by atoms with E-state index in [2.05, 4.69) is 25.0 Å². The highest BCUT2D eigenvalue weighted by molar-refractivity contribution is 6.08. The van der Waals surface area contributed by atoms with Crippen molar-refractivity contribution in [2.24, 2.45) is 0 Å². The van der Waals surface area contributed by atoms with Crippen LogP contribution in [0.3, 0.4) is 0 Å². The number of hydrogen-bond donors (Lipinski definition) is 2. The third-order valence-corrected chi connectivity index (χ3v) is 4.70. The average Bonchev–Trinajstić information content (AvgIpc) is 3.19. The summed E-state index contributed by atoms with van der Waals surface area (Å²) in [6.07, 6.45) is -4.84. The van der Waals surface area contributed by atoms with E-state index in [0.717, 1.165) is 12.1 Å². The van der Waals surface area contributed by atoms with Gasteiger partial charge in [-0.2, -0.15) is 13.9 Å². The van der Waals surface area contributed by atoms with Crippen molar-refractivity contribution in [3.05, 3.63) is 77.9 Å². The summed E-state index contributed by atoms with van der Waals surface area (Å²) in [7, 11) is 0. The number of amides is 1. The van der Waals surface area contributed by atoms with Crippen molar-refractivity contribution >= 4 is 22.6 Å². The Morgan fingerprint density at radius 1 is 1.00 bits per heavy atom. The minimum absolute atomic E-state index is 0.00788. The molecule has 2 N–H and O–H groups in total. The molecule has 7 nitrogen and oxygen atoms in total. The molecule has 12 heteroatoms. The minimum Gasteiger partial charge on any atom is -0.489 e. The lowest BCUT2D eigenvalue weighted by Gasteiger charge is -2.12. The van der Waals surface area contributed by atoms with Crippen LogP contribution in [0.1, 0.15) is 15.9 Å². The molecule has 0 fully saturated rings. The van der Waals surface area contributed by atoms with Crippen LogP contribution in [0.15, 0.2) is 66.7 Å². The lowest BCUT2D eigenvalue weighted by atomic mass is 10.2. The molecule has 0 aliphatic heterocycles. The number of para-hydroxylation sites is 1. The largest absolute Gasteiger partial charge is 0.573 e. The second-order valence-corrected chi connectivity index (χ2v) is 7.08. The van der Waals surface area contributed by atoms with Gasteiger partial charge in [0.15, 0.2) is 5.82 Å². The summed E-state index contributed by atoms with van der Waals surface area (Å²) in [5.74, 6) is -0.545. The molecule has 182 valence electrons. The minimum atomic E-state index is -4.84. The highest BCUT2D eigenvalue weighted by atomic mass is 19.4. The van der Waals surface area contributed by atoms with Gasteiger partial charge < -0.3 is 19.5 Å². The Labute approximate surface area is 194 Å². The number of H-pyrrole nitrogens is 1. The summed E-state index contributed by atoms with van der Waals surface area (Å²) in [6.45, 7) is -3.03. The predicted octanol–water partition coefficient (Wildman–Crippen LogP) is 5.89. The number of rotatable bonds is 8. The predicted molar refractivity (Wildman–Crippen MR) is 115 cm³/mol. The number of halogens is 5. The van der Waals surface area contributed by atoms with Crippen LogP contribution in [0.2, 0.25) is 0 Å². The van der Waals surface area contributed by atoms with Crippen molar-refractivity contribution in [1.29, 1.82) is 0 Å². The molecule has 1 amide bonds. The SMILES string of the molecule is O=C(Nc1n[nH]c2ccc(OCc3ccccc3OC(F)F)cc12)c1ccc(OC(F)(F)F)cc1. The molecule has 4 aromatic rings. The number of nitrogens with zero attached hydrogens (tertiary/aromatic N) is 1. The fraction of sp³-hybridized carbons (Fsp3) is 0.130. The van der Waals surface area contributed by atoms with Crippen LogP contribution >= 0.6 is 0 Å². The number of hydrogen-bond acceptors (Lipinski definition) is 5. The van der Waals surface area contributed by atoms with Gasteiger partial charge in [-0.15, -0.1) is 13.2 Å². The normalized spacial score (nSPS) is 11.5. The zero-order valence-electron chi connectivity index (χ0n) is 17.6. The van der Waals surface area contributed by atoms with Crippen LogP contribution in [-0.2, 0) is 6.61 Å². The lowest BCUT2D eigenvalue weighted by molar-refractivity contribution is -0.274. The molecule has 35 heavy (non-hydrogen) atoms. The topological polar surface area (TPSA) is 85.5 Å². The number of fused-ring (bicyclic) bond motifs is 1. The highest BCUT2D eigenvalue weighted by Crippen LogP contribution is 2.28. The highest BCUT2D eigenvalue weighted by Gasteiger charge is 2.31. The van der Waals surface area contributed by atoms with Gasteiger partial charge in [-0.25, -0.2) is 0 Å². The van der Waals surface area contributed by atoms with E-state index in [4.69, 9.17) is 4.74 Å².